The number of hydrogen-bond acceptors (Lipinski definition) is 3. The van der Waals surface area contributed by atoms with Gasteiger partial charge in [0.2, 0.25) is 5.91 Å². The zero-order chi connectivity index (χ0) is 16.0. The first-order valence-electron chi connectivity index (χ1n) is 8.24. The van der Waals surface area contributed by atoms with Gasteiger partial charge in [-0.15, -0.1) is 0 Å². The summed E-state index contributed by atoms with van der Waals surface area (Å²) < 4.78 is 5.51. The van der Waals surface area contributed by atoms with Crippen LogP contribution in [0.4, 0.5) is 0 Å². The van der Waals surface area contributed by atoms with Crippen LogP contribution in [0.1, 0.15) is 56.6 Å². The molecule has 1 fully saturated rings. The average Bonchev–Trinajstić information content (AvgIpc) is 2.48. The first-order valence-corrected chi connectivity index (χ1v) is 8.24. The van der Waals surface area contributed by atoms with Crippen molar-refractivity contribution in [3.8, 4) is 5.75 Å². The van der Waals surface area contributed by atoms with Gasteiger partial charge in [-0.25, -0.2) is 0 Å². The minimum absolute atomic E-state index is 0.0732. The smallest absolute Gasteiger partial charge is 0.223 e. The summed E-state index contributed by atoms with van der Waals surface area (Å²) >= 11 is 0. The lowest BCUT2D eigenvalue weighted by Gasteiger charge is -2.31. The Morgan fingerprint density at radius 3 is 2.68 bits per heavy atom. The Kier molecular flexibility index (Phi) is 5.83. The third-order valence-electron chi connectivity index (χ3n) is 4.30. The van der Waals surface area contributed by atoms with Gasteiger partial charge in [0.1, 0.15) is 5.75 Å². The molecule has 4 nitrogen and oxygen atoms in total. The van der Waals surface area contributed by atoms with Crippen LogP contribution in [-0.4, -0.2) is 23.2 Å². The van der Waals surface area contributed by atoms with Gasteiger partial charge >= 0.3 is 0 Å². The molecule has 4 heteroatoms. The summed E-state index contributed by atoms with van der Waals surface area (Å²) in [6.45, 7) is 5.10. The molecule has 0 bridgehead atoms. The zero-order valence-electron chi connectivity index (χ0n) is 13.7. The van der Waals surface area contributed by atoms with Gasteiger partial charge < -0.3 is 15.2 Å². The Labute approximate surface area is 132 Å². The number of benzene rings is 1. The maximum Gasteiger partial charge on any atom is 0.223 e. The summed E-state index contributed by atoms with van der Waals surface area (Å²) in [5, 5.41) is 13.3. The van der Waals surface area contributed by atoms with E-state index in [4.69, 9.17) is 4.74 Å². The SMILES string of the molecule is CCOc1ccc(CNC(=O)CC2(O)CCCCC2)cc1C. The lowest BCUT2D eigenvalue weighted by molar-refractivity contribution is -0.127. The Morgan fingerprint density at radius 2 is 2.05 bits per heavy atom. The molecule has 0 radical (unpaired) electrons. The van der Waals surface area contributed by atoms with Gasteiger partial charge in [0, 0.05) is 6.54 Å². The average molecular weight is 305 g/mol. The molecule has 0 heterocycles. The van der Waals surface area contributed by atoms with Crippen LogP contribution in [-0.2, 0) is 11.3 Å². The number of hydrogen-bond donors (Lipinski definition) is 2. The van der Waals surface area contributed by atoms with E-state index in [9.17, 15) is 9.90 Å². The minimum Gasteiger partial charge on any atom is -0.494 e. The van der Waals surface area contributed by atoms with E-state index < -0.39 is 5.60 Å². The lowest BCUT2D eigenvalue weighted by atomic mass is 9.82. The van der Waals surface area contributed by atoms with Crippen LogP contribution in [0.25, 0.3) is 0 Å². The molecule has 0 unspecified atom stereocenters. The third kappa shape index (κ3) is 4.73. The molecule has 0 spiro atoms. The fraction of sp³-hybridized carbons (Fsp3) is 0.611. The number of amides is 1. The maximum atomic E-state index is 12.0. The van der Waals surface area contributed by atoms with Crippen molar-refractivity contribution < 1.29 is 14.6 Å². The van der Waals surface area contributed by atoms with Crippen molar-refractivity contribution in [3.05, 3.63) is 29.3 Å². The quantitative estimate of drug-likeness (QED) is 0.849. The summed E-state index contributed by atoms with van der Waals surface area (Å²) in [6.07, 6.45) is 4.88. The highest BCUT2D eigenvalue weighted by molar-refractivity contribution is 5.77. The molecular weight excluding hydrogens is 278 g/mol. The van der Waals surface area contributed by atoms with Crippen molar-refractivity contribution in [2.45, 2.75) is 64.5 Å². The van der Waals surface area contributed by atoms with Crippen molar-refractivity contribution in [2.75, 3.05) is 6.61 Å². The second-order valence-electron chi connectivity index (χ2n) is 6.27. The molecule has 22 heavy (non-hydrogen) atoms. The standard InChI is InChI=1S/C18H27NO3/c1-3-22-16-8-7-15(11-14(16)2)13-19-17(20)12-18(21)9-5-4-6-10-18/h7-8,11,21H,3-6,9-10,12-13H2,1-2H3,(H,19,20). The number of carbonyl (C=O) groups is 1. The van der Waals surface area contributed by atoms with E-state index in [0.717, 1.165) is 49.0 Å². The Hall–Kier alpha value is -1.55. The largest absolute Gasteiger partial charge is 0.494 e. The fourth-order valence-electron chi connectivity index (χ4n) is 3.09. The maximum absolute atomic E-state index is 12.0. The van der Waals surface area contributed by atoms with Gasteiger partial charge in [-0.1, -0.05) is 31.4 Å². The zero-order valence-corrected chi connectivity index (χ0v) is 13.7. The Balaban J connectivity index is 1.84. The van der Waals surface area contributed by atoms with E-state index in [1.165, 1.54) is 0 Å². The van der Waals surface area contributed by atoms with Gasteiger partial charge in [-0.2, -0.15) is 0 Å². The van der Waals surface area contributed by atoms with Gasteiger partial charge in [0.05, 0.1) is 18.6 Å². The van der Waals surface area contributed by atoms with Crippen LogP contribution in [0.3, 0.4) is 0 Å². The molecule has 1 aromatic carbocycles. The van der Waals surface area contributed by atoms with Crippen LogP contribution in [0.15, 0.2) is 18.2 Å². The molecule has 1 aliphatic carbocycles. The molecule has 1 amide bonds. The fourth-order valence-corrected chi connectivity index (χ4v) is 3.09. The molecule has 0 aliphatic heterocycles. The van der Waals surface area contributed by atoms with Crippen molar-refractivity contribution in [1.82, 2.24) is 5.32 Å². The number of ether oxygens (including phenoxy) is 1. The van der Waals surface area contributed by atoms with Crippen LogP contribution in [0.2, 0.25) is 0 Å². The molecule has 0 atom stereocenters. The molecule has 1 aliphatic rings. The summed E-state index contributed by atoms with van der Waals surface area (Å²) in [7, 11) is 0. The van der Waals surface area contributed by atoms with E-state index in [2.05, 4.69) is 5.32 Å². The highest BCUT2D eigenvalue weighted by atomic mass is 16.5. The first-order chi connectivity index (χ1) is 10.5. The number of carbonyl (C=O) groups excluding carboxylic acids is 1. The lowest BCUT2D eigenvalue weighted by Crippen LogP contribution is -2.38. The number of rotatable bonds is 6. The van der Waals surface area contributed by atoms with Crippen LogP contribution < -0.4 is 10.1 Å². The third-order valence-corrected chi connectivity index (χ3v) is 4.30. The monoisotopic (exact) mass is 305 g/mol. The summed E-state index contributed by atoms with van der Waals surface area (Å²) in [5.41, 5.74) is 1.32. The van der Waals surface area contributed by atoms with Crippen molar-refractivity contribution >= 4 is 5.91 Å². The molecule has 122 valence electrons. The predicted octanol–water partition coefficient (Wildman–Crippen LogP) is 3.10. The number of aryl methyl sites for hydroxylation is 1. The predicted molar refractivity (Wildman–Crippen MR) is 86.8 cm³/mol. The summed E-state index contributed by atoms with van der Waals surface area (Å²) in [6, 6.07) is 5.93. The van der Waals surface area contributed by atoms with Crippen molar-refractivity contribution in [2.24, 2.45) is 0 Å². The first kappa shape index (κ1) is 16.8. The molecule has 0 aromatic heterocycles. The van der Waals surface area contributed by atoms with Crippen LogP contribution in [0, 0.1) is 6.92 Å². The molecule has 2 N–H and O–H groups in total. The number of aliphatic hydroxyl groups is 1. The second-order valence-corrected chi connectivity index (χ2v) is 6.27. The van der Waals surface area contributed by atoms with Gasteiger partial charge in [-0.05, 0) is 43.9 Å². The van der Waals surface area contributed by atoms with Gasteiger partial charge in [0.15, 0.2) is 0 Å². The molecule has 1 saturated carbocycles. The topological polar surface area (TPSA) is 58.6 Å². The molecule has 2 rings (SSSR count). The molecule has 1 aromatic rings. The van der Waals surface area contributed by atoms with Crippen molar-refractivity contribution in [1.29, 1.82) is 0 Å². The van der Waals surface area contributed by atoms with E-state index in [1.54, 1.807) is 0 Å². The van der Waals surface area contributed by atoms with Gasteiger partial charge in [0.25, 0.3) is 0 Å². The summed E-state index contributed by atoms with van der Waals surface area (Å²) in [4.78, 5) is 12.0. The highest BCUT2D eigenvalue weighted by Gasteiger charge is 2.31. The summed E-state index contributed by atoms with van der Waals surface area (Å²) in [5.74, 6) is 0.810. The van der Waals surface area contributed by atoms with Crippen LogP contribution in [0.5, 0.6) is 5.75 Å². The van der Waals surface area contributed by atoms with E-state index in [0.29, 0.717) is 13.2 Å². The normalized spacial score (nSPS) is 17.0. The Bertz CT molecular complexity index is 507. The van der Waals surface area contributed by atoms with E-state index >= 15 is 0 Å². The van der Waals surface area contributed by atoms with Crippen LogP contribution >= 0.6 is 0 Å². The minimum atomic E-state index is -0.795. The van der Waals surface area contributed by atoms with Gasteiger partial charge in [-0.3, -0.25) is 4.79 Å². The van der Waals surface area contributed by atoms with E-state index in [1.807, 2.05) is 32.0 Å². The second kappa shape index (κ2) is 7.63. The molecular formula is C18H27NO3. The van der Waals surface area contributed by atoms with E-state index in [-0.39, 0.29) is 12.3 Å². The highest BCUT2D eigenvalue weighted by Crippen LogP contribution is 2.30. The Morgan fingerprint density at radius 1 is 1.32 bits per heavy atom. The van der Waals surface area contributed by atoms with Crippen molar-refractivity contribution in [3.63, 3.8) is 0 Å². The molecule has 0 saturated heterocycles. The number of nitrogens with one attached hydrogen (secondary N) is 1.